The zero-order chi connectivity index (χ0) is 10.7. The first kappa shape index (κ1) is 9.51. The molecule has 0 aliphatic carbocycles. The molecule has 2 N–H and O–H groups in total. The lowest BCUT2D eigenvalue weighted by Gasteiger charge is -2.15. The van der Waals surface area contributed by atoms with Crippen LogP contribution in [0.15, 0.2) is 30.3 Å². The zero-order valence-corrected chi connectivity index (χ0v) is 8.06. The van der Waals surface area contributed by atoms with E-state index in [0.717, 1.165) is 0 Å². The summed E-state index contributed by atoms with van der Waals surface area (Å²) in [6.45, 7) is 1.06. The Bertz CT molecular complexity index is 378. The van der Waals surface area contributed by atoms with Gasteiger partial charge in [-0.05, 0) is 12.1 Å². The Kier molecular flexibility index (Phi) is 2.53. The molecule has 0 aromatic heterocycles. The van der Waals surface area contributed by atoms with E-state index in [0.29, 0.717) is 18.7 Å². The van der Waals surface area contributed by atoms with E-state index in [-0.39, 0.29) is 11.9 Å². The maximum atomic E-state index is 11.6. The molecule has 0 saturated carbocycles. The van der Waals surface area contributed by atoms with Gasteiger partial charge in [-0.15, -0.1) is 0 Å². The predicted molar refractivity (Wildman–Crippen MR) is 54.0 cm³/mol. The fourth-order valence-corrected chi connectivity index (χ4v) is 1.35. The van der Waals surface area contributed by atoms with Crippen LogP contribution in [0.4, 0.5) is 4.79 Å². The van der Waals surface area contributed by atoms with Crippen LogP contribution < -0.4 is 10.7 Å². The van der Waals surface area contributed by atoms with E-state index in [1.54, 1.807) is 24.3 Å². The monoisotopic (exact) mass is 205 g/mol. The van der Waals surface area contributed by atoms with Crippen molar-refractivity contribution >= 4 is 11.9 Å². The Morgan fingerprint density at radius 2 is 2.07 bits per heavy atom. The fraction of sp³-hybridized carbons (Fsp3) is 0.200. The summed E-state index contributed by atoms with van der Waals surface area (Å²) in [5.74, 6) is -0.271. The van der Waals surface area contributed by atoms with E-state index in [4.69, 9.17) is 0 Å². The summed E-state index contributed by atoms with van der Waals surface area (Å²) in [6, 6.07) is 8.52. The second-order valence-electron chi connectivity index (χ2n) is 3.19. The summed E-state index contributed by atoms with van der Waals surface area (Å²) in [7, 11) is 0. The Balaban J connectivity index is 2.01. The van der Waals surface area contributed by atoms with Gasteiger partial charge < -0.3 is 5.32 Å². The molecule has 1 aromatic carbocycles. The van der Waals surface area contributed by atoms with Crippen LogP contribution in [0.25, 0.3) is 0 Å². The first-order valence-corrected chi connectivity index (χ1v) is 4.69. The first-order chi connectivity index (χ1) is 7.27. The number of benzene rings is 1. The summed E-state index contributed by atoms with van der Waals surface area (Å²) in [5.41, 5.74) is 3.07. The number of rotatable bonds is 2. The van der Waals surface area contributed by atoms with Gasteiger partial charge in [-0.2, -0.15) is 0 Å². The third kappa shape index (κ3) is 2.07. The lowest BCUT2D eigenvalue weighted by atomic mass is 10.2. The molecule has 15 heavy (non-hydrogen) atoms. The minimum absolute atomic E-state index is 0.265. The number of hydrogen-bond acceptors (Lipinski definition) is 2. The molecule has 0 bridgehead atoms. The van der Waals surface area contributed by atoms with Crippen molar-refractivity contribution in [3.8, 4) is 0 Å². The smallest absolute Gasteiger partial charge is 0.335 e. The summed E-state index contributed by atoms with van der Waals surface area (Å²) < 4.78 is 0. The van der Waals surface area contributed by atoms with Gasteiger partial charge in [-0.3, -0.25) is 10.2 Å². The molecule has 1 aliphatic heterocycles. The maximum Gasteiger partial charge on any atom is 0.336 e. The van der Waals surface area contributed by atoms with Gasteiger partial charge >= 0.3 is 6.03 Å². The van der Waals surface area contributed by atoms with Crippen LogP contribution in [0.5, 0.6) is 0 Å². The van der Waals surface area contributed by atoms with Gasteiger partial charge in [0.15, 0.2) is 0 Å². The van der Waals surface area contributed by atoms with E-state index in [9.17, 15) is 9.59 Å². The highest BCUT2D eigenvalue weighted by atomic mass is 16.2. The van der Waals surface area contributed by atoms with E-state index < -0.39 is 0 Å². The molecule has 0 unspecified atom stereocenters. The summed E-state index contributed by atoms with van der Waals surface area (Å²) in [5, 5.41) is 3.87. The predicted octanol–water partition coefficient (Wildman–Crippen LogP) is 0.357. The van der Waals surface area contributed by atoms with Crippen molar-refractivity contribution in [1.82, 2.24) is 15.8 Å². The van der Waals surface area contributed by atoms with Crippen molar-refractivity contribution in [3.63, 3.8) is 0 Å². The van der Waals surface area contributed by atoms with Crippen LogP contribution in [0.3, 0.4) is 0 Å². The number of hydrazine groups is 1. The van der Waals surface area contributed by atoms with Crippen LogP contribution in [0.1, 0.15) is 10.4 Å². The number of urea groups is 1. The molecule has 1 aliphatic rings. The van der Waals surface area contributed by atoms with Crippen molar-refractivity contribution in [1.29, 1.82) is 0 Å². The molecular formula is C10H11N3O2. The third-order valence-corrected chi connectivity index (χ3v) is 2.13. The lowest BCUT2D eigenvalue weighted by molar-refractivity contribution is 0.0852. The largest absolute Gasteiger partial charge is 0.336 e. The van der Waals surface area contributed by atoms with Gasteiger partial charge in [0, 0.05) is 12.1 Å². The molecule has 2 rings (SSSR count). The number of amides is 3. The third-order valence-electron chi connectivity index (χ3n) is 2.13. The molecule has 0 spiro atoms. The Labute approximate surface area is 87.0 Å². The van der Waals surface area contributed by atoms with E-state index in [1.807, 2.05) is 6.07 Å². The minimum Gasteiger partial charge on any atom is -0.335 e. The molecule has 1 saturated heterocycles. The highest BCUT2D eigenvalue weighted by Gasteiger charge is 2.21. The van der Waals surface area contributed by atoms with Gasteiger partial charge in [0.2, 0.25) is 0 Å². The molecule has 5 heteroatoms. The Hall–Kier alpha value is -2.04. The maximum absolute atomic E-state index is 11.6. The molecular weight excluding hydrogens is 194 g/mol. The van der Waals surface area contributed by atoms with E-state index >= 15 is 0 Å². The number of nitrogens with one attached hydrogen (secondary N) is 2. The molecule has 1 heterocycles. The average Bonchev–Trinajstić information content (AvgIpc) is 2.66. The standard InChI is InChI=1S/C10H11N3O2/c14-9(8-4-2-1-3-5-8)12-13-7-6-11-10(13)15/h1-5H,6-7H2,(H,11,15)(H,12,14). The lowest BCUT2D eigenvalue weighted by Crippen LogP contribution is -2.44. The number of nitrogens with zero attached hydrogens (tertiary/aromatic N) is 1. The quantitative estimate of drug-likeness (QED) is 0.732. The second-order valence-corrected chi connectivity index (χ2v) is 3.19. The summed E-state index contributed by atoms with van der Waals surface area (Å²) in [4.78, 5) is 22.8. The van der Waals surface area contributed by atoms with Crippen LogP contribution in [-0.4, -0.2) is 30.0 Å². The number of hydrogen-bond donors (Lipinski definition) is 2. The molecule has 0 radical (unpaired) electrons. The van der Waals surface area contributed by atoms with Crippen molar-refractivity contribution in [2.75, 3.05) is 13.1 Å². The van der Waals surface area contributed by atoms with Gasteiger partial charge in [0.05, 0.1) is 6.54 Å². The molecule has 1 fully saturated rings. The summed E-state index contributed by atoms with van der Waals surface area (Å²) in [6.07, 6.45) is 0. The van der Waals surface area contributed by atoms with Crippen molar-refractivity contribution < 1.29 is 9.59 Å². The molecule has 1 aromatic rings. The van der Waals surface area contributed by atoms with Gasteiger partial charge in [0.25, 0.3) is 5.91 Å². The van der Waals surface area contributed by atoms with E-state index in [2.05, 4.69) is 10.7 Å². The topological polar surface area (TPSA) is 61.4 Å². The van der Waals surface area contributed by atoms with Crippen LogP contribution in [-0.2, 0) is 0 Å². The van der Waals surface area contributed by atoms with E-state index in [1.165, 1.54) is 5.01 Å². The normalized spacial score (nSPS) is 14.9. The van der Waals surface area contributed by atoms with Crippen molar-refractivity contribution in [2.24, 2.45) is 0 Å². The van der Waals surface area contributed by atoms with Crippen LogP contribution in [0.2, 0.25) is 0 Å². The summed E-state index contributed by atoms with van der Waals surface area (Å²) >= 11 is 0. The van der Waals surface area contributed by atoms with Crippen molar-refractivity contribution in [2.45, 2.75) is 0 Å². The van der Waals surface area contributed by atoms with Crippen LogP contribution in [0, 0.1) is 0 Å². The molecule has 3 amide bonds. The minimum atomic E-state index is -0.271. The van der Waals surface area contributed by atoms with Crippen molar-refractivity contribution in [3.05, 3.63) is 35.9 Å². The second kappa shape index (κ2) is 4.00. The SMILES string of the molecule is O=C(NN1CCNC1=O)c1ccccc1. The number of carbonyl (C=O) groups is 2. The average molecular weight is 205 g/mol. The Morgan fingerprint density at radius 1 is 1.33 bits per heavy atom. The highest BCUT2D eigenvalue weighted by molar-refractivity contribution is 5.95. The Morgan fingerprint density at radius 3 is 2.67 bits per heavy atom. The molecule has 0 atom stereocenters. The van der Waals surface area contributed by atoms with Gasteiger partial charge in [0.1, 0.15) is 0 Å². The highest BCUT2D eigenvalue weighted by Crippen LogP contribution is 2.00. The zero-order valence-electron chi connectivity index (χ0n) is 8.06. The van der Waals surface area contributed by atoms with Gasteiger partial charge in [-0.25, -0.2) is 9.80 Å². The number of carbonyl (C=O) groups excluding carboxylic acids is 2. The molecule has 5 nitrogen and oxygen atoms in total. The fourth-order valence-electron chi connectivity index (χ4n) is 1.35. The first-order valence-electron chi connectivity index (χ1n) is 4.69. The van der Waals surface area contributed by atoms with Gasteiger partial charge in [-0.1, -0.05) is 18.2 Å². The molecule has 78 valence electrons. The van der Waals surface area contributed by atoms with Crippen LogP contribution >= 0.6 is 0 Å².